The molecule has 4 bridgehead atoms. The Labute approximate surface area is 251 Å². The molecular weight excluding hydrogens is 504 g/mol. The largest absolute Gasteiger partial charge is 0.0622 e. The second kappa shape index (κ2) is 9.70. The van der Waals surface area contributed by atoms with Gasteiger partial charge in [-0.2, -0.15) is 0 Å². The van der Waals surface area contributed by atoms with Crippen molar-refractivity contribution in [3.05, 3.63) is 120 Å². The first-order chi connectivity index (χ1) is 20.3. The van der Waals surface area contributed by atoms with E-state index in [1.165, 1.54) is 88.2 Å². The Bertz CT molecular complexity index is 1730. The summed E-state index contributed by atoms with van der Waals surface area (Å²) in [7, 11) is 0. The van der Waals surface area contributed by atoms with Gasteiger partial charge >= 0.3 is 0 Å². The van der Waals surface area contributed by atoms with Gasteiger partial charge < -0.3 is 0 Å². The zero-order chi connectivity index (χ0) is 28.5. The number of hydrogen-bond donors (Lipinski definition) is 0. The van der Waals surface area contributed by atoms with E-state index in [2.05, 4.69) is 130 Å². The molecule has 5 aromatic rings. The van der Waals surface area contributed by atoms with Gasteiger partial charge in [-0.05, 0) is 128 Å². The lowest BCUT2D eigenvalue weighted by Gasteiger charge is -2.57. The highest BCUT2D eigenvalue weighted by Crippen LogP contribution is 2.60. The molecule has 0 amide bonds. The Morgan fingerprint density at radius 1 is 0.500 bits per heavy atom. The fourth-order valence-corrected chi connectivity index (χ4v) is 9.28. The number of rotatable bonds is 4. The molecule has 0 aromatic heterocycles. The molecule has 210 valence electrons. The van der Waals surface area contributed by atoms with Crippen molar-refractivity contribution in [3.8, 4) is 33.4 Å². The van der Waals surface area contributed by atoms with Crippen molar-refractivity contribution in [3.63, 3.8) is 0 Å². The van der Waals surface area contributed by atoms with Crippen molar-refractivity contribution in [1.29, 1.82) is 0 Å². The lowest BCUT2D eigenvalue weighted by atomic mass is 9.48. The molecule has 0 saturated heterocycles. The van der Waals surface area contributed by atoms with Gasteiger partial charge in [-0.3, -0.25) is 0 Å². The fourth-order valence-electron chi connectivity index (χ4n) is 9.28. The lowest BCUT2D eigenvalue weighted by molar-refractivity contribution is -0.00518. The van der Waals surface area contributed by atoms with Crippen LogP contribution in [0.15, 0.2) is 109 Å². The van der Waals surface area contributed by atoms with Gasteiger partial charge in [-0.25, -0.2) is 0 Å². The number of benzene rings is 5. The summed E-state index contributed by atoms with van der Waals surface area (Å²) in [6, 6.07) is 41.5. The van der Waals surface area contributed by atoms with E-state index in [-0.39, 0.29) is 5.41 Å². The maximum Gasteiger partial charge on any atom is -0.00391 e. The third-order valence-electron chi connectivity index (χ3n) is 11.0. The second-order valence-corrected chi connectivity index (χ2v) is 14.9. The number of hydrogen-bond acceptors (Lipinski definition) is 0. The molecule has 0 spiro atoms. The van der Waals surface area contributed by atoms with Crippen LogP contribution in [0.1, 0.15) is 70.4 Å². The van der Waals surface area contributed by atoms with Crippen molar-refractivity contribution < 1.29 is 0 Å². The summed E-state index contributed by atoms with van der Waals surface area (Å²) in [4.78, 5) is 0. The maximum atomic E-state index is 2.49. The zero-order valence-electron chi connectivity index (χ0n) is 25.4. The molecule has 0 heteroatoms. The standard InChI is InChI=1S/C42H42/c1-41(2,3)36-23-33(31-9-5-4-6-10-31)22-34(24-36)38-18-17-37(39-11-7-8-12-40(38)39)32-13-15-35(16-14-32)42-25-28-19-29(26-42)21-30(20-28)27-42/h4-18,22-24,28-30H,19-21,25-27H2,1-3H3. The van der Waals surface area contributed by atoms with Gasteiger partial charge in [0.15, 0.2) is 0 Å². The summed E-state index contributed by atoms with van der Waals surface area (Å²) in [5.41, 5.74) is 11.3. The van der Waals surface area contributed by atoms with E-state index >= 15 is 0 Å². The van der Waals surface area contributed by atoms with E-state index < -0.39 is 0 Å². The van der Waals surface area contributed by atoms with Gasteiger partial charge in [0.25, 0.3) is 0 Å². The third-order valence-corrected chi connectivity index (χ3v) is 11.0. The Balaban J connectivity index is 1.20. The van der Waals surface area contributed by atoms with E-state index in [9.17, 15) is 0 Å². The summed E-state index contributed by atoms with van der Waals surface area (Å²) in [6.07, 6.45) is 8.78. The molecule has 5 aromatic carbocycles. The average molecular weight is 547 g/mol. The fraction of sp³-hybridized carbons (Fsp3) is 0.333. The molecule has 4 aliphatic rings. The van der Waals surface area contributed by atoms with Crippen molar-refractivity contribution in [2.45, 2.75) is 70.1 Å². The lowest BCUT2D eigenvalue weighted by Crippen LogP contribution is -2.48. The van der Waals surface area contributed by atoms with Gasteiger partial charge in [0, 0.05) is 0 Å². The quantitative estimate of drug-likeness (QED) is 0.210. The van der Waals surface area contributed by atoms with Crippen LogP contribution in [0.5, 0.6) is 0 Å². The summed E-state index contributed by atoms with van der Waals surface area (Å²) in [5.74, 6) is 2.94. The first-order valence-corrected chi connectivity index (χ1v) is 16.2. The first kappa shape index (κ1) is 26.0. The van der Waals surface area contributed by atoms with Crippen molar-refractivity contribution in [1.82, 2.24) is 0 Å². The molecule has 42 heavy (non-hydrogen) atoms. The minimum atomic E-state index is 0.0632. The van der Waals surface area contributed by atoms with E-state index in [1.54, 1.807) is 5.56 Å². The van der Waals surface area contributed by atoms with Crippen molar-refractivity contribution in [2.24, 2.45) is 17.8 Å². The minimum absolute atomic E-state index is 0.0632. The summed E-state index contributed by atoms with van der Waals surface area (Å²) in [5, 5.41) is 2.66. The molecule has 0 radical (unpaired) electrons. The Morgan fingerprint density at radius 3 is 1.60 bits per heavy atom. The van der Waals surface area contributed by atoms with E-state index in [1.807, 2.05) is 0 Å². The topological polar surface area (TPSA) is 0 Å². The van der Waals surface area contributed by atoms with Crippen LogP contribution in [0.4, 0.5) is 0 Å². The average Bonchev–Trinajstić information content (AvgIpc) is 3.00. The Kier molecular flexibility index (Phi) is 6.01. The maximum absolute atomic E-state index is 2.49. The predicted molar refractivity (Wildman–Crippen MR) is 179 cm³/mol. The minimum Gasteiger partial charge on any atom is -0.0622 e. The Morgan fingerprint density at radius 2 is 1.02 bits per heavy atom. The van der Waals surface area contributed by atoms with Crippen molar-refractivity contribution >= 4 is 10.8 Å². The van der Waals surface area contributed by atoms with Crippen LogP contribution in [0.25, 0.3) is 44.2 Å². The van der Waals surface area contributed by atoms with Gasteiger partial charge in [0.2, 0.25) is 0 Å². The highest BCUT2D eigenvalue weighted by molar-refractivity contribution is 6.05. The van der Waals surface area contributed by atoms with E-state index in [4.69, 9.17) is 0 Å². The molecule has 0 unspecified atom stereocenters. The monoisotopic (exact) mass is 546 g/mol. The number of fused-ring (bicyclic) bond motifs is 1. The van der Waals surface area contributed by atoms with Gasteiger partial charge in [-0.15, -0.1) is 0 Å². The first-order valence-electron chi connectivity index (χ1n) is 16.2. The van der Waals surface area contributed by atoms with Crippen molar-refractivity contribution in [2.75, 3.05) is 0 Å². The molecule has 4 fully saturated rings. The molecular formula is C42H42. The molecule has 9 rings (SSSR count). The molecule has 4 aliphatic carbocycles. The van der Waals surface area contributed by atoms with Crippen LogP contribution >= 0.6 is 0 Å². The zero-order valence-corrected chi connectivity index (χ0v) is 25.4. The molecule has 0 heterocycles. The van der Waals surface area contributed by atoms with Gasteiger partial charge in [0.05, 0.1) is 0 Å². The van der Waals surface area contributed by atoms with Crippen LogP contribution in [-0.4, -0.2) is 0 Å². The normalized spacial score (nSPS) is 24.8. The van der Waals surface area contributed by atoms with E-state index in [0.717, 1.165) is 17.8 Å². The highest BCUT2D eigenvalue weighted by Gasteiger charge is 2.51. The summed E-state index contributed by atoms with van der Waals surface area (Å²) in [6.45, 7) is 6.94. The molecule has 0 nitrogen and oxygen atoms in total. The summed E-state index contributed by atoms with van der Waals surface area (Å²) >= 11 is 0. The van der Waals surface area contributed by atoms with Crippen LogP contribution in [0.2, 0.25) is 0 Å². The third kappa shape index (κ3) is 4.43. The van der Waals surface area contributed by atoms with Crippen LogP contribution < -0.4 is 0 Å². The smallest absolute Gasteiger partial charge is 0.00391 e. The predicted octanol–water partition coefficient (Wildman–Crippen LogP) is 11.6. The molecule has 0 aliphatic heterocycles. The van der Waals surface area contributed by atoms with E-state index in [0.29, 0.717) is 5.41 Å². The second-order valence-electron chi connectivity index (χ2n) is 14.9. The molecule has 0 N–H and O–H groups in total. The van der Waals surface area contributed by atoms with Crippen LogP contribution in [0.3, 0.4) is 0 Å². The molecule has 4 saturated carbocycles. The van der Waals surface area contributed by atoms with Crippen LogP contribution in [0, 0.1) is 17.8 Å². The summed E-state index contributed by atoms with van der Waals surface area (Å²) < 4.78 is 0. The van der Waals surface area contributed by atoms with Gasteiger partial charge in [-0.1, -0.05) is 124 Å². The SMILES string of the molecule is CC(C)(C)c1cc(-c2ccccc2)cc(-c2ccc(-c3ccc(C45CC6CC(CC(C6)C4)C5)cc3)c3ccccc23)c1. The Hall–Kier alpha value is -3.64. The molecule has 0 atom stereocenters. The van der Waals surface area contributed by atoms with Gasteiger partial charge in [0.1, 0.15) is 0 Å². The van der Waals surface area contributed by atoms with Crippen LogP contribution in [-0.2, 0) is 10.8 Å². The highest BCUT2D eigenvalue weighted by atomic mass is 14.6.